The minimum absolute atomic E-state index is 0.0788. The number of alkyl carbamates (subject to hydrolysis) is 1. The van der Waals surface area contributed by atoms with Crippen LogP contribution >= 0.6 is 0 Å². The summed E-state index contributed by atoms with van der Waals surface area (Å²) in [4.78, 5) is 30.7. The summed E-state index contributed by atoms with van der Waals surface area (Å²) in [5.74, 6) is 1.14. The smallest absolute Gasteiger partial charge is 0.407 e. The molecule has 1 unspecified atom stereocenters. The number of amides is 1. The number of fused-ring (bicyclic) bond motifs is 1. The van der Waals surface area contributed by atoms with Gasteiger partial charge < -0.3 is 19.2 Å². The monoisotopic (exact) mass is 783 g/mol. The summed E-state index contributed by atoms with van der Waals surface area (Å²) >= 11 is 0. The van der Waals surface area contributed by atoms with E-state index in [0.717, 1.165) is 61.1 Å². The standard InChI is InChI=1S/C45H59FN4O5Si/c1-44(2,3)54-43(52)47-26-16-11-9-10-12-17-27-53-40-25-20-33(28-36(40)46)30-38-42(51)50-31-39(48-37(41(50)49-38)29-32-18-14-13-15-19-32)34-21-23-35(24-22-34)55-56(7,8)45(4,5)6/h13-15,18-25,28,31,38H,9-12,16-17,26-27,29-30H2,1-8H3,(H,47,52)/p+1. The summed E-state index contributed by atoms with van der Waals surface area (Å²) in [6, 6.07) is 22.4. The van der Waals surface area contributed by atoms with E-state index in [4.69, 9.17) is 18.9 Å². The molecule has 4 aromatic rings. The van der Waals surface area contributed by atoms with Crippen molar-refractivity contribution >= 4 is 26.1 Å². The van der Waals surface area contributed by atoms with Crippen LogP contribution in [0.3, 0.4) is 0 Å². The number of carbonyl (C=O) groups is 2. The van der Waals surface area contributed by atoms with Crippen LogP contribution in [0.4, 0.5) is 15.0 Å². The molecule has 1 amide bonds. The van der Waals surface area contributed by atoms with Crippen molar-refractivity contribution in [1.29, 1.82) is 0 Å². The van der Waals surface area contributed by atoms with Gasteiger partial charge in [-0.25, -0.2) is 19.0 Å². The second-order valence-corrected chi connectivity index (χ2v) is 22.0. The Bertz CT molecular complexity index is 1940. The van der Waals surface area contributed by atoms with Crippen molar-refractivity contribution in [3.05, 3.63) is 102 Å². The molecule has 1 aliphatic heterocycles. The zero-order valence-corrected chi connectivity index (χ0v) is 35.5. The van der Waals surface area contributed by atoms with Crippen molar-refractivity contribution < 1.29 is 32.4 Å². The summed E-state index contributed by atoms with van der Waals surface area (Å²) in [5, 5.41) is 6.29. The molecule has 0 radical (unpaired) electrons. The van der Waals surface area contributed by atoms with Crippen molar-refractivity contribution in [3.8, 4) is 22.8 Å². The van der Waals surface area contributed by atoms with E-state index in [9.17, 15) is 9.59 Å². The molecule has 3 aromatic carbocycles. The number of unbranched alkanes of at least 4 members (excludes halogenated alkanes) is 5. The summed E-state index contributed by atoms with van der Waals surface area (Å²) < 4.78 is 34.4. The molecule has 0 bridgehead atoms. The fourth-order valence-corrected chi connectivity index (χ4v) is 7.28. The molecule has 2 heterocycles. The van der Waals surface area contributed by atoms with Gasteiger partial charge in [0, 0.05) is 24.9 Å². The summed E-state index contributed by atoms with van der Waals surface area (Å²) in [6.07, 6.45) is 8.08. The first kappa shape index (κ1) is 42.4. The lowest BCUT2D eigenvalue weighted by molar-refractivity contribution is -0.552. The van der Waals surface area contributed by atoms with Crippen LogP contribution in [-0.4, -0.2) is 50.1 Å². The van der Waals surface area contributed by atoms with Gasteiger partial charge in [-0.05, 0) is 99.3 Å². The highest BCUT2D eigenvalue weighted by Crippen LogP contribution is 2.38. The number of aromatic nitrogens is 2. The highest BCUT2D eigenvalue weighted by atomic mass is 28.4. The quantitative estimate of drug-likeness (QED) is 0.0625. The number of rotatable bonds is 17. The molecule has 1 atom stereocenters. The van der Waals surface area contributed by atoms with Crippen LogP contribution in [0, 0.1) is 5.82 Å². The topological polar surface area (TPSA) is 103 Å². The zero-order chi connectivity index (χ0) is 40.5. The Morgan fingerprint density at radius 3 is 2.23 bits per heavy atom. The van der Waals surface area contributed by atoms with Crippen molar-refractivity contribution in [2.24, 2.45) is 0 Å². The molecule has 300 valence electrons. The minimum atomic E-state index is -2.00. The maximum atomic E-state index is 15.2. The molecule has 9 nitrogen and oxygen atoms in total. The highest BCUT2D eigenvalue weighted by Gasteiger charge is 2.41. The molecule has 1 aromatic heterocycles. The minimum Gasteiger partial charge on any atom is -0.544 e. The number of ether oxygens (including phenoxy) is 2. The largest absolute Gasteiger partial charge is 0.544 e. The average Bonchev–Trinajstić information content (AvgIpc) is 3.43. The lowest BCUT2D eigenvalue weighted by atomic mass is 10.1. The van der Waals surface area contributed by atoms with Gasteiger partial charge in [0.05, 0.1) is 6.61 Å². The van der Waals surface area contributed by atoms with Crippen LogP contribution in [0.25, 0.3) is 11.3 Å². The van der Waals surface area contributed by atoms with Gasteiger partial charge in [0.1, 0.15) is 28.9 Å². The van der Waals surface area contributed by atoms with E-state index in [1.54, 1.807) is 16.8 Å². The third kappa shape index (κ3) is 11.9. The number of halogens is 1. The van der Waals surface area contributed by atoms with Gasteiger partial charge in [-0.3, -0.25) is 5.32 Å². The Morgan fingerprint density at radius 2 is 1.57 bits per heavy atom. The van der Waals surface area contributed by atoms with Crippen molar-refractivity contribution in [1.82, 2.24) is 10.3 Å². The molecule has 0 saturated carbocycles. The molecule has 56 heavy (non-hydrogen) atoms. The number of hydrogen-bond acceptors (Lipinski definition) is 7. The van der Waals surface area contributed by atoms with Crippen LogP contribution < -0.4 is 24.4 Å². The second kappa shape index (κ2) is 18.4. The number of anilines is 1. The van der Waals surface area contributed by atoms with E-state index in [-0.39, 0.29) is 22.8 Å². The Morgan fingerprint density at radius 1 is 0.893 bits per heavy atom. The van der Waals surface area contributed by atoms with Crippen LogP contribution in [0.2, 0.25) is 18.1 Å². The zero-order valence-electron chi connectivity index (χ0n) is 34.5. The molecule has 0 fully saturated rings. The van der Waals surface area contributed by atoms with Crippen LogP contribution in [0.5, 0.6) is 11.5 Å². The predicted molar refractivity (Wildman–Crippen MR) is 223 cm³/mol. The van der Waals surface area contributed by atoms with E-state index < -0.39 is 25.8 Å². The van der Waals surface area contributed by atoms with Crippen molar-refractivity contribution in [2.75, 3.05) is 18.5 Å². The molecule has 1 aliphatic rings. The number of benzene rings is 3. The van der Waals surface area contributed by atoms with E-state index in [1.807, 2.05) is 69.3 Å². The maximum absolute atomic E-state index is 15.2. The molecule has 5 rings (SSSR count). The van der Waals surface area contributed by atoms with Crippen molar-refractivity contribution in [3.63, 3.8) is 0 Å². The number of nitrogens with one attached hydrogen (secondary N) is 2. The summed E-state index contributed by atoms with van der Waals surface area (Å²) in [5.41, 5.74) is 3.62. The molecule has 0 saturated heterocycles. The Kier molecular flexibility index (Phi) is 14.0. The number of nitrogens with zero attached hydrogens (tertiary/aromatic N) is 2. The maximum Gasteiger partial charge on any atom is 0.407 e. The molecule has 11 heteroatoms. The molecule has 0 spiro atoms. The van der Waals surface area contributed by atoms with E-state index in [2.05, 4.69) is 56.6 Å². The number of carbonyl (C=O) groups excluding carboxylic acids is 2. The van der Waals surface area contributed by atoms with E-state index >= 15 is 4.39 Å². The molecule has 2 N–H and O–H groups in total. The third-order valence-electron chi connectivity index (χ3n) is 10.3. The van der Waals surface area contributed by atoms with Crippen LogP contribution in [-0.2, 0) is 17.6 Å². The van der Waals surface area contributed by atoms with Gasteiger partial charge >= 0.3 is 17.8 Å². The first-order chi connectivity index (χ1) is 26.5. The van der Waals surface area contributed by atoms with E-state index in [1.165, 1.54) is 6.07 Å². The predicted octanol–water partition coefficient (Wildman–Crippen LogP) is 10.1. The van der Waals surface area contributed by atoms with Gasteiger partial charge in [0.2, 0.25) is 8.32 Å². The fourth-order valence-electron chi connectivity index (χ4n) is 6.25. The van der Waals surface area contributed by atoms with Crippen molar-refractivity contribution in [2.45, 2.75) is 123 Å². The van der Waals surface area contributed by atoms with Gasteiger partial charge in [0.15, 0.2) is 17.6 Å². The van der Waals surface area contributed by atoms with Crippen LogP contribution in [0.1, 0.15) is 102 Å². The highest BCUT2D eigenvalue weighted by molar-refractivity contribution is 6.74. The summed E-state index contributed by atoms with van der Waals surface area (Å²) in [7, 11) is -2.00. The number of hydrogen-bond donors (Lipinski definition) is 2. The van der Waals surface area contributed by atoms with Gasteiger partial charge in [-0.2, -0.15) is 4.57 Å². The first-order valence-corrected chi connectivity index (χ1v) is 22.9. The normalized spacial score (nSPS) is 14.2. The van der Waals surface area contributed by atoms with E-state index in [0.29, 0.717) is 43.1 Å². The van der Waals surface area contributed by atoms with Gasteiger partial charge in [-0.15, -0.1) is 0 Å². The lowest BCUT2D eigenvalue weighted by Crippen LogP contribution is -2.44. The average molecular weight is 784 g/mol. The van der Waals surface area contributed by atoms with Gasteiger partial charge in [-0.1, -0.05) is 82.9 Å². The first-order valence-electron chi connectivity index (χ1n) is 20.0. The second-order valence-electron chi connectivity index (χ2n) is 17.2. The lowest BCUT2D eigenvalue weighted by Gasteiger charge is -2.36. The van der Waals surface area contributed by atoms with Gasteiger partial charge in [0.25, 0.3) is 0 Å². The Labute approximate surface area is 333 Å². The molecular weight excluding hydrogens is 724 g/mol. The molecule has 0 aliphatic carbocycles. The molecular formula is C45H60FN4O5Si+. The summed E-state index contributed by atoms with van der Waals surface area (Å²) in [6.45, 7) is 17.7. The SMILES string of the molecule is CC(C)(C)OC(=O)NCCCCCCCCOc1ccc(CC2Nc3c(Cc4ccccc4)nc(-c4ccc(O[Si](C)(C)C(C)(C)C)cc4)c[n+]3C2=O)cc1F. The third-order valence-corrected chi connectivity index (χ3v) is 14.7. The Balaban J connectivity index is 1.16. The fraction of sp³-hybridized carbons (Fsp3) is 0.467. The van der Waals surface area contributed by atoms with Crippen LogP contribution in [0.15, 0.2) is 79.0 Å². The Hall–Kier alpha value is -4.77.